The van der Waals surface area contributed by atoms with E-state index in [2.05, 4.69) is 15.4 Å². The molecule has 2 aromatic rings. The zero-order valence-electron chi connectivity index (χ0n) is 12.6. The lowest BCUT2D eigenvalue weighted by molar-refractivity contribution is 0.0938. The van der Waals surface area contributed by atoms with Gasteiger partial charge in [0.25, 0.3) is 5.91 Å². The Morgan fingerprint density at radius 2 is 2.00 bits per heavy atom. The maximum absolute atomic E-state index is 12.4. The summed E-state index contributed by atoms with van der Waals surface area (Å²) in [4.78, 5) is 16.6. The van der Waals surface area contributed by atoms with Crippen LogP contribution in [0.4, 0.5) is 0 Å². The molecule has 20 heavy (non-hydrogen) atoms. The number of aryl methyl sites for hydroxylation is 3. The Balaban J connectivity index is 2.17. The molecule has 0 aliphatic heterocycles. The number of rotatable bonds is 3. The Morgan fingerprint density at radius 3 is 2.50 bits per heavy atom. The highest BCUT2D eigenvalue weighted by Gasteiger charge is 2.19. The topological polar surface area (TPSA) is 59.8 Å². The third-order valence-corrected chi connectivity index (χ3v) is 3.52. The molecule has 2 heterocycles. The van der Waals surface area contributed by atoms with E-state index in [0.29, 0.717) is 5.56 Å². The van der Waals surface area contributed by atoms with E-state index in [4.69, 9.17) is 0 Å². The van der Waals surface area contributed by atoms with Gasteiger partial charge in [-0.1, -0.05) is 6.07 Å². The van der Waals surface area contributed by atoms with Crippen LogP contribution in [0.5, 0.6) is 0 Å². The number of pyridine rings is 1. The van der Waals surface area contributed by atoms with Crippen molar-refractivity contribution in [3.8, 4) is 0 Å². The van der Waals surface area contributed by atoms with E-state index in [9.17, 15) is 4.79 Å². The van der Waals surface area contributed by atoms with E-state index in [-0.39, 0.29) is 11.9 Å². The van der Waals surface area contributed by atoms with Crippen LogP contribution < -0.4 is 5.32 Å². The van der Waals surface area contributed by atoms with Crippen LogP contribution in [0.25, 0.3) is 0 Å². The van der Waals surface area contributed by atoms with Crippen molar-refractivity contribution in [3.05, 3.63) is 46.5 Å². The Bertz CT molecular complexity index is 628. The minimum atomic E-state index is -0.0961. The van der Waals surface area contributed by atoms with Gasteiger partial charge in [-0.25, -0.2) is 0 Å². The molecule has 1 atom stereocenters. The van der Waals surface area contributed by atoms with Crippen molar-refractivity contribution in [2.24, 2.45) is 7.05 Å². The van der Waals surface area contributed by atoms with Crippen LogP contribution in [0.3, 0.4) is 0 Å². The van der Waals surface area contributed by atoms with E-state index in [1.807, 2.05) is 46.9 Å². The first-order valence-corrected chi connectivity index (χ1v) is 6.63. The number of carbonyl (C=O) groups excluding carboxylic acids is 1. The molecule has 2 rings (SSSR count). The van der Waals surface area contributed by atoms with Gasteiger partial charge in [-0.05, 0) is 39.3 Å². The predicted molar refractivity (Wildman–Crippen MR) is 77.5 cm³/mol. The van der Waals surface area contributed by atoms with Crippen molar-refractivity contribution in [1.29, 1.82) is 0 Å². The lowest BCUT2D eigenvalue weighted by Gasteiger charge is -2.14. The largest absolute Gasteiger partial charge is 0.345 e. The number of hydrogen-bond donors (Lipinski definition) is 1. The molecule has 0 aliphatic carbocycles. The summed E-state index contributed by atoms with van der Waals surface area (Å²) < 4.78 is 1.72. The molecule has 0 bridgehead atoms. The van der Waals surface area contributed by atoms with E-state index in [1.54, 1.807) is 10.9 Å². The van der Waals surface area contributed by atoms with Gasteiger partial charge in [-0.15, -0.1) is 0 Å². The van der Waals surface area contributed by atoms with Crippen molar-refractivity contribution in [3.63, 3.8) is 0 Å². The quantitative estimate of drug-likeness (QED) is 0.932. The fraction of sp³-hybridized carbons (Fsp3) is 0.400. The molecule has 0 aliphatic rings. The molecular weight excluding hydrogens is 252 g/mol. The zero-order valence-corrected chi connectivity index (χ0v) is 12.6. The highest BCUT2D eigenvalue weighted by Crippen LogP contribution is 2.16. The molecule has 2 aromatic heterocycles. The number of amides is 1. The maximum atomic E-state index is 12.4. The second-order valence-corrected chi connectivity index (χ2v) is 5.10. The third kappa shape index (κ3) is 2.71. The average molecular weight is 272 g/mol. The van der Waals surface area contributed by atoms with Crippen LogP contribution in [0.2, 0.25) is 0 Å². The molecule has 5 nitrogen and oxygen atoms in total. The summed E-state index contributed by atoms with van der Waals surface area (Å²) in [5.41, 5.74) is 4.22. The molecule has 0 saturated carbocycles. The van der Waals surface area contributed by atoms with Crippen LogP contribution in [0, 0.1) is 20.8 Å². The van der Waals surface area contributed by atoms with E-state index < -0.39 is 0 Å². The first kappa shape index (κ1) is 14.2. The van der Waals surface area contributed by atoms with Crippen molar-refractivity contribution in [1.82, 2.24) is 20.1 Å². The average Bonchev–Trinajstić information content (AvgIpc) is 2.63. The van der Waals surface area contributed by atoms with Crippen molar-refractivity contribution in [2.75, 3.05) is 0 Å². The second-order valence-electron chi connectivity index (χ2n) is 5.10. The number of carbonyl (C=O) groups is 1. The predicted octanol–water partition coefficient (Wildman–Crippen LogP) is 2.23. The lowest BCUT2D eigenvalue weighted by Crippen LogP contribution is -2.27. The van der Waals surface area contributed by atoms with Gasteiger partial charge in [0, 0.05) is 24.6 Å². The van der Waals surface area contributed by atoms with Crippen LogP contribution in [-0.4, -0.2) is 20.7 Å². The fourth-order valence-corrected chi connectivity index (χ4v) is 2.19. The lowest BCUT2D eigenvalue weighted by atomic mass is 10.1. The molecule has 0 unspecified atom stereocenters. The molecule has 1 amide bonds. The third-order valence-electron chi connectivity index (χ3n) is 3.52. The molecule has 0 saturated heterocycles. The SMILES string of the molecule is Cc1ccc([C@H](C)NC(=O)c2c(C)nn(C)c2C)cn1. The van der Waals surface area contributed by atoms with Gasteiger partial charge in [0.1, 0.15) is 0 Å². The van der Waals surface area contributed by atoms with Gasteiger partial charge in [-0.3, -0.25) is 14.5 Å². The number of aromatic nitrogens is 3. The fourth-order valence-electron chi connectivity index (χ4n) is 2.19. The Kier molecular flexibility index (Phi) is 3.88. The van der Waals surface area contributed by atoms with E-state index in [0.717, 1.165) is 22.6 Å². The standard InChI is InChI=1S/C15H20N4O/c1-9-6-7-13(8-16-9)10(2)17-15(20)14-11(3)18-19(5)12(14)4/h6-8,10H,1-5H3,(H,17,20)/t10-/m0/s1. The van der Waals surface area contributed by atoms with Crippen molar-refractivity contribution >= 4 is 5.91 Å². The summed E-state index contributed by atoms with van der Waals surface area (Å²) in [6.07, 6.45) is 1.79. The smallest absolute Gasteiger partial charge is 0.255 e. The summed E-state index contributed by atoms with van der Waals surface area (Å²) in [5.74, 6) is -0.0961. The van der Waals surface area contributed by atoms with Crippen LogP contribution >= 0.6 is 0 Å². The number of nitrogens with zero attached hydrogens (tertiary/aromatic N) is 3. The van der Waals surface area contributed by atoms with Gasteiger partial charge >= 0.3 is 0 Å². The normalized spacial score (nSPS) is 12.2. The van der Waals surface area contributed by atoms with Crippen molar-refractivity contribution in [2.45, 2.75) is 33.7 Å². The zero-order chi connectivity index (χ0) is 14.9. The molecule has 106 valence electrons. The van der Waals surface area contributed by atoms with Crippen LogP contribution in [0.15, 0.2) is 18.3 Å². The minimum Gasteiger partial charge on any atom is -0.345 e. The summed E-state index contributed by atoms with van der Waals surface area (Å²) in [6.45, 7) is 7.63. The Morgan fingerprint density at radius 1 is 1.30 bits per heavy atom. The molecule has 0 fully saturated rings. The second kappa shape index (κ2) is 5.45. The molecule has 1 N–H and O–H groups in total. The molecule has 0 radical (unpaired) electrons. The van der Waals surface area contributed by atoms with Crippen molar-refractivity contribution < 1.29 is 4.79 Å². The molecule has 0 spiro atoms. The summed E-state index contributed by atoms with van der Waals surface area (Å²) in [6, 6.07) is 3.84. The van der Waals surface area contributed by atoms with Gasteiger partial charge in [0.2, 0.25) is 0 Å². The summed E-state index contributed by atoms with van der Waals surface area (Å²) >= 11 is 0. The van der Waals surface area contributed by atoms with Crippen LogP contribution in [0.1, 0.15) is 46.0 Å². The monoisotopic (exact) mass is 272 g/mol. The van der Waals surface area contributed by atoms with E-state index in [1.165, 1.54) is 0 Å². The molecule has 5 heteroatoms. The first-order chi connectivity index (χ1) is 9.40. The van der Waals surface area contributed by atoms with E-state index >= 15 is 0 Å². The Labute approximate surface area is 119 Å². The minimum absolute atomic E-state index is 0.0883. The van der Waals surface area contributed by atoms with Gasteiger partial charge in [0.15, 0.2) is 0 Å². The highest BCUT2D eigenvalue weighted by molar-refractivity contribution is 5.96. The summed E-state index contributed by atoms with van der Waals surface area (Å²) in [5, 5.41) is 7.26. The first-order valence-electron chi connectivity index (χ1n) is 6.63. The highest BCUT2D eigenvalue weighted by atomic mass is 16.1. The van der Waals surface area contributed by atoms with Gasteiger partial charge in [0.05, 0.1) is 17.3 Å². The maximum Gasteiger partial charge on any atom is 0.255 e. The van der Waals surface area contributed by atoms with Gasteiger partial charge in [-0.2, -0.15) is 5.10 Å². The Hall–Kier alpha value is -2.17. The molecular formula is C15H20N4O. The number of nitrogens with one attached hydrogen (secondary N) is 1. The van der Waals surface area contributed by atoms with Crippen LogP contribution in [-0.2, 0) is 7.05 Å². The van der Waals surface area contributed by atoms with Gasteiger partial charge < -0.3 is 5.32 Å². The number of hydrogen-bond acceptors (Lipinski definition) is 3. The summed E-state index contributed by atoms with van der Waals surface area (Å²) in [7, 11) is 1.84. The molecule has 0 aromatic carbocycles.